The van der Waals surface area contributed by atoms with Gasteiger partial charge in [-0.25, -0.2) is 4.98 Å². The molecule has 1 atom stereocenters. The fourth-order valence-electron chi connectivity index (χ4n) is 3.10. The van der Waals surface area contributed by atoms with Crippen LogP contribution in [0.3, 0.4) is 0 Å². The molecular formula is C16H19N3. The van der Waals surface area contributed by atoms with Gasteiger partial charge in [-0.2, -0.15) is 0 Å². The molecule has 3 heteroatoms. The Kier molecular flexibility index (Phi) is 2.57. The molecule has 1 N–H and O–H groups in total. The van der Waals surface area contributed by atoms with Crippen molar-refractivity contribution in [2.45, 2.75) is 44.2 Å². The van der Waals surface area contributed by atoms with Gasteiger partial charge in [0.2, 0.25) is 5.95 Å². The van der Waals surface area contributed by atoms with E-state index < -0.39 is 0 Å². The highest BCUT2D eigenvalue weighted by Gasteiger charge is 2.26. The molecule has 0 spiro atoms. The van der Waals surface area contributed by atoms with Crippen molar-refractivity contribution < 1.29 is 0 Å². The lowest BCUT2D eigenvalue weighted by Crippen LogP contribution is -2.19. The standard InChI is InChI=1S/C16H19N3/c1-2-6-14-12(4-1)5-3-7-15(14)19-11-10-17-16(19)18-13-8-9-13/h1-2,4,6,10-11,13,15H,3,5,7-9H2,(H,17,18). The van der Waals surface area contributed by atoms with Crippen LogP contribution in [0.2, 0.25) is 0 Å². The number of hydrogen-bond acceptors (Lipinski definition) is 2. The van der Waals surface area contributed by atoms with E-state index in [1.807, 2.05) is 6.20 Å². The number of rotatable bonds is 3. The second kappa shape index (κ2) is 4.41. The summed E-state index contributed by atoms with van der Waals surface area (Å²) in [6, 6.07) is 9.96. The second-order valence-corrected chi connectivity index (χ2v) is 5.68. The summed E-state index contributed by atoms with van der Waals surface area (Å²) in [6.07, 6.45) is 10.3. The molecule has 0 amide bonds. The monoisotopic (exact) mass is 253 g/mol. The third-order valence-electron chi connectivity index (χ3n) is 4.25. The van der Waals surface area contributed by atoms with Crippen molar-refractivity contribution in [3.63, 3.8) is 0 Å². The third-order valence-corrected chi connectivity index (χ3v) is 4.25. The Bertz CT molecular complexity index is 583. The van der Waals surface area contributed by atoms with E-state index in [9.17, 15) is 0 Å². The van der Waals surface area contributed by atoms with Crippen molar-refractivity contribution in [1.29, 1.82) is 0 Å². The van der Waals surface area contributed by atoms with Crippen molar-refractivity contribution in [3.05, 3.63) is 47.8 Å². The molecule has 1 saturated carbocycles. The van der Waals surface area contributed by atoms with Crippen molar-refractivity contribution in [2.75, 3.05) is 5.32 Å². The Morgan fingerprint density at radius 1 is 1.16 bits per heavy atom. The molecule has 2 aliphatic carbocycles. The van der Waals surface area contributed by atoms with Crippen LogP contribution in [0.4, 0.5) is 5.95 Å². The Morgan fingerprint density at radius 3 is 2.95 bits per heavy atom. The van der Waals surface area contributed by atoms with Crippen molar-refractivity contribution in [3.8, 4) is 0 Å². The predicted octanol–water partition coefficient (Wildman–Crippen LogP) is 3.38. The fourth-order valence-corrected chi connectivity index (χ4v) is 3.10. The van der Waals surface area contributed by atoms with E-state index in [0.29, 0.717) is 12.1 Å². The number of hydrogen-bond donors (Lipinski definition) is 1. The zero-order valence-corrected chi connectivity index (χ0v) is 11.0. The smallest absolute Gasteiger partial charge is 0.203 e. The molecule has 1 aromatic heterocycles. The summed E-state index contributed by atoms with van der Waals surface area (Å²) in [7, 11) is 0. The minimum atomic E-state index is 0.452. The van der Waals surface area contributed by atoms with Crippen LogP contribution in [0.25, 0.3) is 0 Å². The summed E-state index contributed by atoms with van der Waals surface area (Å²) in [5.41, 5.74) is 2.98. The molecule has 1 unspecified atom stereocenters. The number of aromatic nitrogens is 2. The molecule has 0 radical (unpaired) electrons. The van der Waals surface area contributed by atoms with Crippen LogP contribution in [0, 0.1) is 0 Å². The summed E-state index contributed by atoms with van der Waals surface area (Å²) in [4.78, 5) is 4.50. The summed E-state index contributed by atoms with van der Waals surface area (Å²) < 4.78 is 2.33. The van der Waals surface area contributed by atoms with Crippen LogP contribution >= 0.6 is 0 Å². The minimum Gasteiger partial charge on any atom is -0.353 e. The van der Waals surface area contributed by atoms with E-state index in [2.05, 4.69) is 45.3 Å². The van der Waals surface area contributed by atoms with Gasteiger partial charge in [0, 0.05) is 18.4 Å². The number of aryl methyl sites for hydroxylation is 1. The maximum Gasteiger partial charge on any atom is 0.203 e. The highest BCUT2D eigenvalue weighted by molar-refractivity contribution is 5.37. The molecule has 2 aliphatic rings. The van der Waals surface area contributed by atoms with Crippen LogP contribution in [-0.2, 0) is 6.42 Å². The van der Waals surface area contributed by atoms with Gasteiger partial charge < -0.3 is 9.88 Å². The number of imidazole rings is 1. The highest BCUT2D eigenvalue weighted by Crippen LogP contribution is 2.35. The van der Waals surface area contributed by atoms with Crippen LogP contribution in [0.1, 0.15) is 42.9 Å². The number of fused-ring (bicyclic) bond motifs is 1. The van der Waals surface area contributed by atoms with E-state index in [1.54, 1.807) is 0 Å². The molecule has 2 aromatic rings. The van der Waals surface area contributed by atoms with Gasteiger partial charge in [0.25, 0.3) is 0 Å². The van der Waals surface area contributed by atoms with Gasteiger partial charge in [-0.15, -0.1) is 0 Å². The molecular weight excluding hydrogens is 234 g/mol. The molecule has 1 aromatic carbocycles. The molecule has 1 fully saturated rings. The van der Waals surface area contributed by atoms with Crippen LogP contribution < -0.4 is 5.32 Å². The van der Waals surface area contributed by atoms with Crippen molar-refractivity contribution in [1.82, 2.24) is 9.55 Å². The fraction of sp³-hybridized carbons (Fsp3) is 0.438. The highest BCUT2D eigenvalue weighted by atomic mass is 15.2. The van der Waals surface area contributed by atoms with Crippen LogP contribution in [0.15, 0.2) is 36.7 Å². The average molecular weight is 253 g/mol. The van der Waals surface area contributed by atoms with E-state index in [4.69, 9.17) is 0 Å². The van der Waals surface area contributed by atoms with E-state index >= 15 is 0 Å². The third kappa shape index (κ3) is 2.03. The van der Waals surface area contributed by atoms with Crippen molar-refractivity contribution in [2.24, 2.45) is 0 Å². The van der Waals surface area contributed by atoms with Gasteiger partial charge in [0.15, 0.2) is 0 Å². The molecule has 98 valence electrons. The van der Waals surface area contributed by atoms with Crippen LogP contribution in [-0.4, -0.2) is 15.6 Å². The number of nitrogens with zero attached hydrogens (tertiary/aromatic N) is 2. The first-order valence-corrected chi connectivity index (χ1v) is 7.29. The zero-order valence-electron chi connectivity index (χ0n) is 11.0. The lowest BCUT2D eigenvalue weighted by Gasteiger charge is -2.28. The lowest BCUT2D eigenvalue weighted by atomic mass is 9.87. The minimum absolute atomic E-state index is 0.452. The van der Waals surface area contributed by atoms with E-state index in [1.165, 1.54) is 43.2 Å². The maximum absolute atomic E-state index is 4.50. The number of anilines is 1. The van der Waals surface area contributed by atoms with E-state index in [0.717, 1.165) is 5.95 Å². The molecule has 0 aliphatic heterocycles. The largest absolute Gasteiger partial charge is 0.353 e. The molecule has 0 saturated heterocycles. The summed E-state index contributed by atoms with van der Waals surface area (Å²) in [5.74, 6) is 1.05. The van der Waals surface area contributed by atoms with Gasteiger partial charge in [0.1, 0.15) is 0 Å². The Balaban J connectivity index is 1.71. The summed E-state index contributed by atoms with van der Waals surface area (Å²) in [5, 5.41) is 3.54. The normalized spacial score (nSPS) is 22.0. The topological polar surface area (TPSA) is 29.9 Å². The van der Waals surface area contributed by atoms with Gasteiger partial charge in [-0.05, 0) is 43.2 Å². The van der Waals surface area contributed by atoms with Gasteiger partial charge in [-0.1, -0.05) is 24.3 Å². The predicted molar refractivity (Wildman–Crippen MR) is 76.4 cm³/mol. The Labute approximate surface area is 113 Å². The Morgan fingerprint density at radius 2 is 2.05 bits per heavy atom. The number of nitrogens with one attached hydrogen (secondary N) is 1. The van der Waals surface area contributed by atoms with Gasteiger partial charge in [0.05, 0.1) is 6.04 Å². The quantitative estimate of drug-likeness (QED) is 0.908. The first-order valence-electron chi connectivity index (χ1n) is 7.29. The van der Waals surface area contributed by atoms with Gasteiger partial charge >= 0.3 is 0 Å². The lowest BCUT2D eigenvalue weighted by molar-refractivity contribution is 0.493. The first-order chi connectivity index (χ1) is 9.42. The summed E-state index contributed by atoms with van der Waals surface area (Å²) in [6.45, 7) is 0. The molecule has 3 nitrogen and oxygen atoms in total. The zero-order chi connectivity index (χ0) is 12.7. The molecule has 4 rings (SSSR count). The van der Waals surface area contributed by atoms with E-state index in [-0.39, 0.29) is 0 Å². The summed E-state index contributed by atoms with van der Waals surface area (Å²) >= 11 is 0. The molecule has 1 heterocycles. The average Bonchev–Trinajstić information content (AvgIpc) is 3.15. The first kappa shape index (κ1) is 11.1. The molecule has 19 heavy (non-hydrogen) atoms. The van der Waals surface area contributed by atoms with Crippen LogP contribution in [0.5, 0.6) is 0 Å². The number of benzene rings is 1. The Hall–Kier alpha value is -1.77. The molecule has 0 bridgehead atoms. The SMILES string of the molecule is c1ccc2c(c1)CCCC2n1ccnc1NC1CC1. The second-order valence-electron chi connectivity index (χ2n) is 5.68. The van der Waals surface area contributed by atoms with Crippen molar-refractivity contribution >= 4 is 5.95 Å². The maximum atomic E-state index is 4.50. The van der Waals surface area contributed by atoms with Gasteiger partial charge in [-0.3, -0.25) is 0 Å².